The second kappa shape index (κ2) is 45.6. The average molecular weight is 1000 g/mol. The summed E-state index contributed by atoms with van der Waals surface area (Å²) in [6, 6.07) is 0. The number of rotatable bonds is 43. The number of phosphoric acid groups is 1. The van der Waals surface area contributed by atoms with Crippen LogP contribution in [-0.2, 0) is 27.9 Å². The lowest BCUT2D eigenvalue weighted by molar-refractivity contribution is -0.220. The summed E-state index contributed by atoms with van der Waals surface area (Å²) in [6.45, 7) is 3.97. The van der Waals surface area contributed by atoms with Gasteiger partial charge in [-0.25, -0.2) is 4.57 Å². The van der Waals surface area contributed by atoms with Gasteiger partial charge in [0, 0.05) is 13.0 Å². The topological polar surface area (TPSA) is 192 Å². The highest BCUT2D eigenvalue weighted by Crippen LogP contribution is 2.47. The highest BCUT2D eigenvalue weighted by Gasteiger charge is 2.51. The number of aliphatic hydroxyl groups is 5. The van der Waals surface area contributed by atoms with Crippen molar-refractivity contribution < 1.29 is 58.3 Å². The molecule has 0 spiro atoms. The van der Waals surface area contributed by atoms with Gasteiger partial charge in [-0.15, -0.1) is 0 Å². The van der Waals surface area contributed by atoms with E-state index in [0.29, 0.717) is 13.0 Å². The van der Waals surface area contributed by atoms with Crippen molar-refractivity contribution in [3.05, 3.63) is 122 Å². The Morgan fingerprint density at radius 2 is 0.800 bits per heavy atom. The van der Waals surface area contributed by atoms with Gasteiger partial charge in [0.1, 0.15) is 42.7 Å². The number of phosphoric ester groups is 1. The zero-order chi connectivity index (χ0) is 51.2. The summed E-state index contributed by atoms with van der Waals surface area (Å²) in [4.78, 5) is 23.3. The maximum atomic E-state index is 12.9. The molecule has 1 aliphatic carbocycles. The third kappa shape index (κ3) is 36.6. The minimum Gasteiger partial charge on any atom is -0.457 e. The van der Waals surface area contributed by atoms with E-state index in [1.54, 1.807) is 0 Å². The number of ether oxygens (including phenoxy) is 2. The molecule has 0 bridgehead atoms. The smallest absolute Gasteiger partial charge is 0.457 e. The molecule has 0 aromatic carbocycles. The normalized spacial score (nSPS) is 21.9. The fraction of sp³-hybridized carbons (Fsp3) is 0.632. The lowest BCUT2D eigenvalue weighted by Crippen LogP contribution is -2.64. The molecule has 6 N–H and O–H groups in total. The largest absolute Gasteiger partial charge is 0.472 e. The molecule has 1 fully saturated rings. The van der Waals surface area contributed by atoms with E-state index < -0.39 is 63.1 Å². The van der Waals surface area contributed by atoms with Crippen LogP contribution in [0.25, 0.3) is 0 Å². The Bertz CT molecular complexity index is 1610. The molecular weight excluding hydrogens is 908 g/mol. The maximum absolute atomic E-state index is 12.9. The molecule has 1 rings (SSSR count). The quantitative estimate of drug-likeness (QED) is 0.0147. The van der Waals surface area contributed by atoms with Crippen molar-refractivity contribution in [2.75, 3.05) is 19.8 Å². The molecule has 1 saturated carbocycles. The number of carbonyl (C=O) groups excluding carboxylic acids is 1. The molecule has 0 saturated heterocycles. The molecule has 12 nitrogen and oxygen atoms in total. The van der Waals surface area contributed by atoms with E-state index in [1.807, 2.05) is 0 Å². The van der Waals surface area contributed by atoms with Crippen LogP contribution in [0.2, 0.25) is 0 Å². The Labute approximate surface area is 422 Å². The fourth-order valence-corrected chi connectivity index (χ4v) is 8.20. The Kier molecular flexibility index (Phi) is 42.2. The SMILES string of the molecule is CC/C=C\C/C=C\C/C=C\C/C=C\C/C=C\CCCCCCCCCCOCC(COP(=O)(O)OC1C(O)C(O)C(O)C(O)C1O)OC(=O)CCCCC/C=C\C/C=C\C/C=C\C/C=C\C/C=C\CC. The van der Waals surface area contributed by atoms with Gasteiger partial charge in [0.05, 0.1) is 13.2 Å². The zero-order valence-corrected chi connectivity index (χ0v) is 43.7. The van der Waals surface area contributed by atoms with E-state index in [4.69, 9.17) is 18.5 Å². The van der Waals surface area contributed by atoms with Crippen LogP contribution in [0.15, 0.2) is 122 Å². The van der Waals surface area contributed by atoms with Crippen LogP contribution in [0.5, 0.6) is 0 Å². The van der Waals surface area contributed by atoms with Crippen molar-refractivity contribution in [1.29, 1.82) is 0 Å². The first kappa shape index (κ1) is 64.8. The molecule has 0 heterocycles. The molecule has 0 amide bonds. The zero-order valence-electron chi connectivity index (χ0n) is 42.8. The predicted octanol–water partition coefficient (Wildman–Crippen LogP) is 12.2. The molecule has 0 aromatic heterocycles. The van der Waals surface area contributed by atoms with Gasteiger partial charge in [-0.1, -0.05) is 180 Å². The van der Waals surface area contributed by atoms with Gasteiger partial charge < -0.3 is 39.9 Å². The number of hydrogen-bond acceptors (Lipinski definition) is 11. The Hall–Kier alpha value is -3.26. The van der Waals surface area contributed by atoms with E-state index in [0.717, 1.165) is 116 Å². The summed E-state index contributed by atoms with van der Waals surface area (Å²) in [5.41, 5.74) is 0. The van der Waals surface area contributed by atoms with E-state index >= 15 is 0 Å². The van der Waals surface area contributed by atoms with Crippen LogP contribution in [0, 0.1) is 0 Å². The maximum Gasteiger partial charge on any atom is 0.472 e. The number of allylic oxidation sites excluding steroid dienone is 20. The van der Waals surface area contributed by atoms with Gasteiger partial charge in [0.15, 0.2) is 0 Å². The summed E-state index contributed by atoms with van der Waals surface area (Å²) in [5, 5.41) is 50.4. The Balaban J connectivity index is 2.37. The average Bonchev–Trinajstić information content (AvgIpc) is 3.35. The first-order chi connectivity index (χ1) is 34.0. The minimum absolute atomic E-state index is 0.105. The summed E-state index contributed by atoms with van der Waals surface area (Å²) in [5.74, 6) is -0.517. The van der Waals surface area contributed by atoms with Gasteiger partial charge in [0.25, 0.3) is 0 Å². The second-order valence-electron chi connectivity index (χ2n) is 17.6. The van der Waals surface area contributed by atoms with Crippen LogP contribution in [0.4, 0.5) is 0 Å². The van der Waals surface area contributed by atoms with Gasteiger partial charge in [-0.3, -0.25) is 13.8 Å². The summed E-state index contributed by atoms with van der Waals surface area (Å²) in [6.07, 6.45) is 54.0. The number of hydrogen-bond donors (Lipinski definition) is 6. The molecular formula is C57H93O12P. The number of esters is 1. The lowest BCUT2D eigenvalue weighted by atomic mass is 9.85. The third-order valence-corrected chi connectivity index (χ3v) is 12.3. The highest BCUT2D eigenvalue weighted by atomic mass is 31.2. The van der Waals surface area contributed by atoms with E-state index in [-0.39, 0.29) is 13.0 Å². The molecule has 70 heavy (non-hydrogen) atoms. The van der Waals surface area contributed by atoms with Crippen LogP contribution < -0.4 is 0 Å². The predicted molar refractivity (Wildman–Crippen MR) is 285 cm³/mol. The van der Waals surface area contributed by atoms with Crippen molar-refractivity contribution in [1.82, 2.24) is 0 Å². The molecule has 6 atom stereocenters. The van der Waals surface area contributed by atoms with Crippen LogP contribution >= 0.6 is 7.82 Å². The second-order valence-corrected chi connectivity index (χ2v) is 19.0. The molecule has 0 aliphatic heterocycles. The van der Waals surface area contributed by atoms with Crippen molar-refractivity contribution in [2.24, 2.45) is 0 Å². The summed E-state index contributed by atoms with van der Waals surface area (Å²) < 4.78 is 34.3. The molecule has 1 aliphatic rings. The number of aliphatic hydroxyl groups excluding tert-OH is 5. The van der Waals surface area contributed by atoms with Crippen molar-refractivity contribution in [3.8, 4) is 0 Å². The van der Waals surface area contributed by atoms with Gasteiger partial charge in [-0.2, -0.15) is 0 Å². The molecule has 6 unspecified atom stereocenters. The Morgan fingerprint density at radius 1 is 0.457 bits per heavy atom. The first-order valence-corrected chi connectivity index (χ1v) is 27.9. The third-order valence-electron chi connectivity index (χ3n) is 11.3. The van der Waals surface area contributed by atoms with Crippen LogP contribution in [-0.4, -0.2) is 98.9 Å². The van der Waals surface area contributed by atoms with Crippen molar-refractivity contribution >= 4 is 13.8 Å². The Morgan fingerprint density at radius 3 is 1.21 bits per heavy atom. The van der Waals surface area contributed by atoms with E-state index in [9.17, 15) is 39.8 Å². The van der Waals surface area contributed by atoms with Crippen molar-refractivity contribution in [2.45, 2.75) is 211 Å². The molecule has 0 radical (unpaired) electrons. The lowest BCUT2D eigenvalue weighted by Gasteiger charge is -2.41. The van der Waals surface area contributed by atoms with Crippen LogP contribution in [0.3, 0.4) is 0 Å². The fourth-order valence-electron chi connectivity index (χ4n) is 7.23. The van der Waals surface area contributed by atoms with E-state index in [1.165, 1.54) is 25.7 Å². The van der Waals surface area contributed by atoms with E-state index in [2.05, 4.69) is 135 Å². The van der Waals surface area contributed by atoms with Gasteiger partial charge in [-0.05, 0) is 103 Å². The standard InChI is InChI=1S/C57H93O12P/c1-3-5-7-9-11-13-15-17-19-21-23-24-25-26-27-29-31-33-35-37-39-41-43-45-47-66-48-50(49-67-70(64,65)69-57-55(62)53(60)52(59)54(61)56(57)63)68-51(58)46-44-42-40-38-36-34-32-30-28-22-20-18-16-14-12-10-8-6-4-2/h5-8,11-14,17-20,23-24,26-28,30,34,36,50,52-57,59-63H,3-4,9-10,15-16,21-22,25,29,31-33,35,37-49H2,1-2H3,(H,64,65)/b7-5-,8-6-,13-11-,14-12-,19-17-,20-18-,24-23-,27-26-,30-28-,36-34-. The summed E-state index contributed by atoms with van der Waals surface area (Å²) in [7, 11) is -5.05. The monoisotopic (exact) mass is 1000 g/mol. The minimum atomic E-state index is -5.05. The molecule has 13 heteroatoms. The summed E-state index contributed by atoms with van der Waals surface area (Å²) >= 11 is 0. The molecule has 398 valence electrons. The van der Waals surface area contributed by atoms with Crippen LogP contribution in [0.1, 0.15) is 168 Å². The highest BCUT2D eigenvalue weighted by molar-refractivity contribution is 7.47. The van der Waals surface area contributed by atoms with Gasteiger partial charge >= 0.3 is 13.8 Å². The first-order valence-electron chi connectivity index (χ1n) is 26.4. The number of unbranched alkanes of at least 4 members (excludes halogenated alkanes) is 11. The molecule has 0 aromatic rings. The number of carbonyl (C=O) groups is 1. The van der Waals surface area contributed by atoms with Gasteiger partial charge in [0.2, 0.25) is 0 Å². The van der Waals surface area contributed by atoms with Crippen molar-refractivity contribution in [3.63, 3.8) is 0 Å².